The highest BCUT2D eigenvalue weighted by atomic mass is 15.3. The van der Waals surface area contributed by atoms with Crippen molar-refractivity contribution in [3.63, 3.8) is 0 Å². The fourth-order valence-corrected chi connectivity index (χ4v) is 3.42. The zero-order valence-corrected chi connectivity index (χ0v) is 12.1. The second kappa shape index (κ2) is 5.42. The van der Waals surface area contributed by atoms with Crippen LogP contribution < -0.4 is 4.90 Å². The molecule has 6 heteroatoms. The van der Waals surface area contributed by atoms with Gasteiger partial charge in [-0.25, -0.2) is 9.97 Å². The number of rotatable bonds is 2. The molecule has 0 radical (unpaired) electrons. The maximum Gasteiger partial charge on any atom is 0.225 e. The van der Waals surface area contributed by atoms with Crippen molar-refractivity contribution in [1.82, 2.24) is 24.7 Å². The molecule has 2 aliphatic heterocycles. The summed E-state index contributed by atoms with van der Waals surface area (Å²) in [5.41, 5.74) is 0. The normalized spacial score (nSPS) is 19.5. The van der Waals surface area contributed by atoms with E-state index in [1.165, 1.54) is 24.5 Å². The Kier molecular flexibility index (Phi) is 3.29. The highest BCUT2D eigenvalue weighted by Gasteiger charge is 2.27. The lowest BCUT2D eigenvalue weighted by Crippen LogP contribution is -2.35. The van der Waals surface area contributed by atoms with E-state index in [1.807, 2.05) is 18.5 Å². The molecule has 2 aromatic rings. The van der Waals surface area contributed by atoms with E-state index in [9.17, 15) is 0 Å². The highest BCUT2D eigenvalue weighted by molar-refractivity contribution is 5.29. The van der Waals surface area contributed by atoms with Gasteiger partial charge in [-0.1, -0.05) is 0 Å². The van der Waals surface area contributed by atoms with Gasteiger partial charge in [0.1, 0.15) is 11.6 Å². The summed E-state index contributed by atoms with van der Waals surface area (Å²) in [5.74, 6) is 3.77. The van der Waals surface area contributed by atoms with Gasteiger partial charge in [-0.2, -0.15) is 0 Å². The molecule has 0 atom stereocenters. The maximum absolute atomic E-state index is 4.48. The van der Waals surface area contributed by atoms with E-state index < -0.39 is 0 Å². The zero-order chi connectivity index (χ0) is 14.1. The second-order valence-corrected chi connectivity index (χ2v) is 5.89. The summed E-state index contributed by atoms with van der Waals surface area (Å²) in [6.45, 7) is 3.09. The molecule has 0 N–H and O–H groups in total. The lowest BCUT2D eigenvalue weighted by molar-refractivity contribution is 0.438. The van der Waals surface area contributed by atoms with Crippen molar-refractivity contribution in [3.8, 4) is 0 Å². The minimum atomic E-state index is 0.532. The standard InChI is InChI=1S/C15H20N6/c1-2-9-21-13(4-1)18-19-14(21)12-5-10-20(11-6-12)15-16-7-3-8-17-15/h3,7-8,12H,1-2,4-6,9-11H2. The Balaban J connectivity index is 1.47. The predicted molar refractivity (Wildman–Crippen MR) is 79.2 cm³/mol. The molecule has 0 saturated carbocycles. The van der Waals surface area contributed by atoms with Gasteiger partial charge in [0.2, 0.25) is 5.95 Å². The number of anilines is 1. The summed E-state index contributed by atoms with van der Waals surface area (Å²) < 4.78 is 2.36. The second-order valence-electron chi connectivity index (χ2n) is 5.89. The molecule has 1 saturated heterocycles. The molecular weight excluding hydrogens is 264 g/mol. The summed E-state index contributed by atoms with van der Waals surface area (Å²) in [7, 11) is 0. The van der Waals surface area contributed by atoms with Crippen LogP contribution >= 0.6 is 0 Å². The summed E-state index contributed by atoms with van der Waals surface area (Å²) in [5, 5.41) is 8.87. The van der Waals surface area contributed by atoms with Gasteiger partial charge < -0.3 is 9.47 Å². The topological polar surface area (TPSA) is 59.7 Å². The third-order valence-corrected chi connectivity index (χ3v) is 4.58. The van der Waals surface area contributed by atoms with Crippen molar-refractivity contribution in [2.75, 3.05) is 18.0 Å². The van der Waals surface area contributed by atoms with Crippen LogP contribution in [0.4, 0.5) is 5.95 Å². The first-order valence-corrected chi connectivity index (χ1v) is 7.86. The molecule has 0 aromatic carbocycles. The van der Waals surface area contributed by atoms with Crippen molar-refractivity contribution in [2.45, 2.75) is 44.6 Å². The molecule has 21 heavy (non-hydrogen) atoms. The number of nitrogens with zero attached hydrogens (tertiary/aromatic N) is 6. The Labute approximate surface area is 124 Å². The maximum atomic E-state index is 4.48. The number of aromatic nitrogens is 5. The minimum absolute atomic E-state index is 0.532. The van der Waals surface area contributed by atoms with E-state index in [0.717, 1.165) is 44.8 Å². The van der Waals surface area contributed by atoms with E-state index in [-0.39, 0.29) is 0 Å². The molecule has 0 bridgehead atoms. The molecule has 0 spiro atoms. The smallest absolute Gasteiger partial charge is 0.225 e. The molecule has 110 valence electrons. The van der Waals surface area contributed by atoms with Gasteiger partial charge in [0.25, 0.3) is 0 Å². The molecule has 6 nitrogen and oxygen atoms in total. The zero-order valence-electron chi connectivity index (χ0n) is 12.1. The molecule has 2 aliphatic rings. The van der Waals surface area contributed by atoms with Gasteiger partial charge in [0, 0.05) is 44.4 Å². The van der Waals surface area contributed by atoms with Gasteiger partial charge in [-0.3, -0.25) is 0 Å². The number of fused-ring (bicyclic) bond motifs is 1. The predicted octanol–water partition coefficient (Wildman–Crippen LogP) is 1.79. The van der Waals surface area contributed by atoms with Gasteiger partial charge in [0.15, 0.2) is 0 Å². The Hall–Kier alpha value is -1.98. The number of hydrogen-bond donors (Lipinski definition) is 0. The first-order chi connectivity index (χ1) is 10.4. The van der Waals surface area contributed by atoms with E-state index in [2.05, 4.69) is 29.6 Å². The van der Waals surface area contributed by atoms with Gasteiger partial charge in [-0.05, 0) is 31.7 Å². The number of hydrogen-bond acceptors (Lipinski definition) is 5. The van der Waals surface area contributed by atoms with Gasteiger partial charge in [0.05, 0.1) is 0 Å². The molecule has 0 amide bonds. The van der Waals surface area contributed by atoms with Crippen molar-refractivity contribution >= 4 is 5.95 Å². The number of piperidine rings is 1. The average molecular weight is 284 g/mol. The Morgan fingerprint density at radius 1 is 0.952 bits per heavy atom. The van der Waals surface area contributed by atoms with Crippen LogP contribution in [-0.4, -0.2) is 37.8 Å². The average Bonchev–Trinajstić information content (AvgIpc) is 3.00. The van der Waals surface area contributed by atoms with E-state index in [1.54, 1.807) is 0 Å². The third kappa shape index (κ3) is 2.39. The lowest BCUT2D eigenvalue weighted by atomic mass is 9.95. The van der Waals surface area contributed by atoms with E-state index in [4.69, 9.17) is 0 Å². The van der Waals surface area contributed by atoms with Crippen LogP contribution in [0.5, 0.6) is 0 Å². The Morgan fingerprint density at radius 3 is 2.57 bits per heavy atom. The number of aryl methyl sites for hydroxylation is 1. The van der Waals surface area contributed by atoms with Crippen LogP contribution in [0.3, 0.4) is 0 Å². The Morgan fingerprint density at radius 2 is 1.76 bits per heavy atom. The van der Waals surface area contributed by atoms with Crippen molar-refractivity contribution < 1.29 is 0 Å². The largest absolute Gasteiger partial charge is 0.341 e. The highest BCUT2D eigenvalue weighted by Crippen LogP contribution is 2.30. The SMILES string of the molecule is c1cnc(N2CCC(c3nnc4n3CCCC4)CC2)nc1. The summed E-state index contributed by atoms with van der Waals surface area (Å²) >= 11 is 0. The van der Waals surface area contributed by atoms with Crippen LogP contribution in [0.1, 0.15) is 43.3 Å². The molecule has 0 unspecified atom stereocenters. The quantitative estimate of drug-likeness (QED) is 0.841. The molecule has 4 rings (SSSR count). The van der Waals surface area contributed by atoms with Crippen molar-refractivity contribution in [3.05, 3.63) is 30.1 Å². The monoisotopic (exact) mass is 284 g/mol. The molecular formula is C15H20N6. The molecule has 1 fully saturated rings. The third-order valence-electron chi connectivity index (χ3n) is 4.58. The summed E-state index contributed by atoms with van der Waals surface area (Å²) in [6.07, 6.45) is 9.43. The van der Waals surface area contributed by atoms with E-state index in [0.29, 0.717) is 5.92 Å². The van der Waals surface area contributed by atoms with Crippen molar-refractivity contribution in [2.24, 2.45) is 0 Å². The fourth-order valence-electron chi connectivity index (χ4n) is 3.42. The van der Waals surface area contributed by atoms with Gasteiger partial charge in [-0.15, -0.1) is 10.2 Å². The van der Waals surface area contributed by atoms with E-state index >= 15 is 0 Å². The minimum Gasteiger partial charge on any atom is -0.341 e. The lowest BCUT2D eigenvalue weighted by Gasteiger charge is -2.31. The van der Waals surface area contributed by atoms with Crippen LogP contribution in [0.25, 0.3) is 0 Å². The fraction of sp³-hybridized carbons (Fsp3) is 0.600. The van der Waals surface area contributed by atoms with Crippen LogP contribution in [0.2, 0.25) is 0 Å². The van der Waals surface area contributed by atoms with Crippen LogP contribution in [0.15, 0.2) is 18.5 Å². The molecule has 4 heterocycles. The van der Waals surface area contributed by atoms with Crippen LogP contribution in [0, 0.1) is 0 Å². The summed E-state index contributed by atoms with van der Waals surface area (Å²) in [4.78, 5) is 11.0. The van der Waals surface area contributed by atoms with Crippen molar-refractivity contribution in [1.29, 1.82) is 0 Å². The molecule has 0 aliphatic carbocycles. The van der Waals surface area contributed by atoms with Crippen LogP contribution in [-0.2, 0) is 13.0 Å². The molecule has 2 aromatic heterocycles. The first-order valence-electron chi connectivity index (χ1n) is 7.86. The summed E-state index contributed by atoms with van der Waals surface area (Å²) in [6, 6.07) is 1.86. The van der Waals surface area contributed by atoms with Gasteiger partial charge >= 0.3 is 0 Å². The first kappa shape index (κ1) is 12.7. The Bertz CT molecular complexity index is 600.